The van der Waals surface area contributed by atoms with Crippen LogP contribution in [0.25, 0.3) is 0 Å². The van der Waals surface area contributed by atoms with Gasteiger partial charge in [0.25, 0.3) is 11.6 Å². The minimum atomic E-state index is -4.93. The maximum atomic E-state index is 12.6. The molecule has 1 amide bonds. The van der Waals surface area contributed by atoms with Crippen LogP contribution in [0.1, 0.15) is 0 Å². The second-order valence-electron chi connectivity index (χ2n) is 5.73. The molecule has 1 atom stereocenters. The molecule has 0 aromatic heterocycles. The molecule has 0 bridgehead atoms. The topological polar surface area (TPSA) is 175 Å². The van der Waals surface area contributed by atoms with E-state index in [4.69, 9.17) is 4.74 Å². The van der Waals surface area contributed by atoms with Crippen LogP contribution in [-0.4, -0.2) is 66.6 Å². The summed E-state index contributed by atoms with van der Waals surface area (Å²) >= 11 is 0. The molecule has 1 aliphatic heterocycles. The van der Waals surface area contributed by atoms with E-state index in [0.29, 0.717) is 5.69 Å². The minimum absolute atomic E-state index is 0. The summed E-state index contributed by atoms with van der Waals surface area (Å²) in [6, 6.07) is 10.2. The molecule has 0 spiro atoms. The molecule has 2 aromatic carbocycles. The molecule has 156 valence electrons. The Morgan fingerprint density at radius 3 is 2.53 bits per heavy atom. The first kappa shape index (κ1) is 24.0. The number of rotatable bonds is 6. The Labute approximate surface area is 192 Å². The first-order valence-electron chi connectivity index (χ1n) is 7.97. The van der Waals surface area contributed by atoms with Crippen molar-refractivity contribution in [3.8, 4) is 5.75 Å². The predicted octanol–water partition coefficient (Wildman–Crippen LogP) is -0.500. The van der Waals surface area contributed by atoms with Gasteiger partial charge in [-0.3, -0.25) is 24.5 Å². The molecule has 0 radical (unpaired) electrons. The average molecular weight is 448 g/mol. The molecule has 1 unspecified atom stereocenters. The number of nitro groups is 1. The summed E-state index contributed by atoms with van der Waals surface area (Å²) in [5.41, 5.74) is 7.28. The summed E-state index contributed by atoms with van der Waals surface area (Å²) in [6.45, 7) is 0. The standard InChI is InChI=1S/C15H16N6O7S.Na.H/c1-28-12-7-11(21(23)24)13(29(25,26)27)8-10(12)20-14(17-18-19-20)15(22)16-9-5-3-2-4-6-9;;/h2-8,14,17-19H,1H3,(H,16,22)(H,25,26,27);;. The van der Waals surface area contributed by atoms with Crippen LogP contribution in [0.4, 0.5) is 17.1 Å². The monoisotopic (exact) mass is 448 g/mol. The number of carbonyl (C=O) groups excluding carboxylic acids is 1. The van der Waals surface area contributed by atoms with Crippen LogP contribution in [0.3, 0.4) is 0 Å². The summed E-state index contributed by atoms with van der Waals surface area (Å²) in [4.78, 5) is 21.9. The van der Waals surface area contributed by atoms with Crippen LogP contribution < -0.4 is 31.6 Å². The number of hydrogen-bond donors (Lipinski definition) is 5. The predicted molar refractivity (Wildman–Crippen MR) is 107 cm³/mol. The Bertz CT molecular complexity index is 1050. The number of hydrogen-bond acceptors (Lipinski definition) is 10. The first-order chi connectivity index (χ1) is 13.7. The fraction of sp³-hybridized carbons (Fsp3) is 0.133. The van der Waals surface area contributed by atoms with Crippen molar-refractivity contribution in [1.82, 2.24) is 16.5 Å². The number of benzene rings is 2. The summed E-state index contributed by atoms with van der Waals surface area (Å²) in [7, 11) is -3.72. The third-order valence-electron chi connectivity index (χ3n) is 3.93. The van der Waals surface area contributed by atoms with Gasteiger partial charge in [-0.25, -0.2) is 5.43 Å². The van der Waals surface area contributed by atoms with E-state index in [1.54, 1.807) is 30.3 Å². The zero-order valence-corrected chi connectivity index (χ0v) is 15.6. The van der Waals surface area contributed by atoms with E-state index < -0.39 is 37.7 Å². The Morgan fingerprint density at radius 2 is 1.97 bits per heavy atom. The molecule has 15 heteroatoms. The van der Waals surface area contributed by atoms with Crippen LogP contribution >= 0.6 is 0 Å². The van der Waals surface area contributed by atoms with Gasteiger partial charge in [0.15, 0.2) is 16.8 Å². The van der Waals surface area contributed by atoms with E-state index in [2.05, 4.69) is 21.8 Å². The third-order valence-corrected chi connectivity index (χ3v) is 4.81. The first-order valence-corrected chi connectivity index (χ1v) is 9.41. The molecule has 5 N–H and O–H groups in total. The van der Waals surface area contributed by atoms with Gasteiger partial charge >= 0.3 is 39.7 Å². The number of carbonyl (C=O) groups is 1. The second-order valence-corrected chi connectivity index (χ2v) is 7.12. The van der Waals surface area contributed by atoms with Crippen molar-refractivity contribution in [1.29, 1.82) is 0 Å². The third kappa shape index (κ3) is 5.05. The normalized spacial score (nSPS) is 15.9. The molecule has 30 heavy (non-hydrogen) atoms. The molecule has 3 rings (SSSR count). The summed E-state index contributed by atoms with van der Waals surface area (Å²) in [5.74, 6) is -0.651. The van der Waals surface area contributed by atoms with Crippen LogP contribution in [0.5, 0.6) is 5.75 Å². The number of methoxy groups -OCH3 is 1. The van der Waals surface area contributed by atoms with Gasteiger partial charge in [0.05, 0.1) is 23.8 Å². The Kier molecular flexibility index (Phi) is 7.73. The fourth-order valence-corrected chi connectivity index (χ4v) is 3.30. The van der Waals surface area contributed by atoms with E-state index in [-0.39, 0.29) is 41.0 Å². The number of nitrogens with zero attached hydrogens (tertiary/aromatic N) is 2. The zero-order valence-electron chi connectivity index (χ0n) is 14.8. The number of ether oxygens (including phenoxy) is 1. The fourth-order valence-electron chi connectivity index (χ4n) is 2.64. The Balaban J connectivity index is 0.00000320. The van der Waals surface area contributed by atoms with Crippen LogP contribution in [0.2, 0.25) is 0 Å². The Morgan fingerprint density at radius 1 is 1.30 bits per heavy atom. The molecule has 1 saturated heterocycles. The number of para-hydroxylation sites is 1. The van der Waals surface area contributed by atoms with Gasteiger partial charge < -0.3 is 10.1 Å². The van der Waals surface area contributed by atoms with Gasteiger partial charge in [0.1, 0.15) is 0 Å². The molecular formula is C15H17N6NaO7S. The van der Waals surface area contributed by atoms with Crippen molar-refractivity contribution in [2.45, 2.75) is 11.1 Å². The molecule has 1 fully saturated rings. The van der Waals surface area contributed by atoms with E-state index in [1.165, 1.54) is 7.11 Å². The molecule has 1 aliphatic rings. The van der Waals surface area contributed by atoms with Crippen molar-refractivity contribution in [3.05, 3.63) is 52.6 Å². The summed E-state index contributed by atoms with van der Waals surface area (Å²) < 4.78 is 37.8. The number of nitrogens with one attached hydrogen (secondary N) is 4. The average Bonchev–Trinajstić information content (AvgIpc) is 3.16. The van der Waals surface area contributed by atoms with E-state index in [1.807, 2.05) is 0 Å². The molecule has 13 nitrogen and oxygen atoms in total. The van der Waals surface area contributed by atoms with Gasteiger partial charge in [-0.1, -0.05) is 18.2 Å². The van der Waals surface area contributed by atoms with Crippen LogP contribution in [0.15, 0.2) is 47.4 Å². The molecule has 2 aromatic rings. The number of nitro benzene ring substituents is 1. The molecular weight excluding hydrogens is 431 g/mol. The van der Waals surface area contributed by atoms with Crippen LogP contribution in [-0.2, 0) is 14.9 Å². The molecule has 0 aliphatic carbocycles. The van der Waals surface area contributed by atoms with Crippen molar-refractivity contribution in [2.75, 3.05) is 17.4 Å². The van der Waals surface area contributed by atoms with E-state index >= 15 is 0 Å². The van der Waals surface area contributed by atoms with Gasteiger partial charge in [-0.2, -0.15) is 19.5 Å². The number of amides is 1. The second kappa shape index (κ2) is 9.67. The van der Waals surface area contributed by atoms with Crippen molar-refractivity contribution < 1.29 is 27.4 Å². The van der Waals surface area contributed by atoms with Crippen LogP contribution in [0, 0.1) is 10.1 Å². The molecule has 1 heterocycles. The molecule has 0 saturated carbocycles. The van der Waals surface area contributed by atoms with Crippen molar-refractivity contribution in [2.24, 2.45) is 0 Å². The van der Waals surface area contributed by atoms with Gasteiger partial charge in [0.2, 0.25) is 0 Å². The van der Waals surface area contributed by atoms with Crippen molar-refractivity contribution in [3.63, 3.8) is 0 Å². The quantitative estimate of drug-likeness (QED) is 0.167. The summed E-state index contributed by atoms with van der Waals surface area (Å²) in [5, 5.41) is 15.0. The SMILES string of the molecule is COc1cc([N+](=O)[O-])c(S(=O)(=O)O)cc1N1NNNC1C(=O)Nc1ccccc1.[NaH]. The zero-order chi connectivity index (χ0) is 21.2. The number of anilines is 2. The summed E-state index contributed by atoms with van der Waals surface area (Å²) in [6.07, 6.45) is -1.11. The van der Waals surface area contributed by atoms with E-state index in [0.717, 1.165) is 17.1 Å². The number of hydrazine groups is 3. The van der Waals surface area contributed by atoms with Gasteiger partial charge in [-0.05, 0) is 18.2 Å². The van der Waals surface area contributed by atoms with Gasteiger partial charge in [0, 0.05) is 5.69 Å². The van der Waals surface area contributed by atoms with Gasteiger partial charge in [-0.15, -0.1) is 0 Å². The van der Waals surface area contributed by atoms with Crippen molar-refractivity contribution >= 4 is 62.6 Å². The Hall–Kier alpha value is -2.30. The van der Waals surface area contributed by atoms with E-state index in [9.17, 15) is 27.9 Å². The maximum absolute atomic E-state index is 12.6.